The first-order valence-corrected chi connectivity index (χ1v) is 10.1. The molecule has 1 aromatic carbocycles. The average Bonchev–Trinajstić information content (AvgIpc) is 3.37. The molecule has 12 heteroatoms. The zero-order valence-corrected chi connectivity index (χ0v) is 17.4. The van der Waals surface area contributed by atoms with Crippen molar-refractivity contribution in [1.82, 2.24) is 15.2 Å². The second-order valence-corrected chi connectivity index (χ2v) is 7.62. The van der Waals surface area contributed by atoms with Crippen molar-refractivity contribution in [2.24, 2.45) is 7.05 Å². The number of pyridine rings is 1. The van der Waals surface area contributed by atoms with Crippen molar-refractivity contribution >= 4 is 40.1 Å². The Balaban J connectivity index is 1.64. The largest absolute Gasteiger partial charge is 0.435 e. The van der Waals surface area contributed by atoms with Crippen molar-refractivity contribution in [3.05, 3.63) is 52.0 Å². The van der Waals surface area contributed by atoms with Crippen molar-refractivity contribution in [3.63, 3.8) is 0 Å². The van der Waals surface area contributed by atoms with Crippen molar-refractivity contribution in [1.29, 1.82) is 10.5 Å². The van der Waals surface area contributed by atoms with Crippen LogP contribution in [0.3, 0.4) is 0 Å². The SMILES string of the molecule is C[n+]1[nH]oc(=O)c1-c1c(C#N)c(N)nc(SCC(=O)Nc2ccc3[nH]ccc3c2)c1C#N. The zero-order chi connectivity index (χ0) is 22.8. The van der Waals surface area contributed by atoms with Crippen LogP contribution in [-0.4, -0.2) is 26.9 Å². The number of nitrogens with two attached hydrogens (primary N) is 1. The minimum Gasteiger partial charge on any atom is -0.383 e. The summed E-state index contributed by atoms with van der Waals surface area (Å²) in [6, 6.07) is 11.2. The molecule has 3 heterocycles. The minimum atomic E-state index is -0.778. The van der Waals surface area contributed by atoms with Gasteiger partial charge in [-0.1, -0.05) is 16.4 Å². The number of benzene rings is 1. The number of anilines is 2. The number of H-pyrrole nitrogens is 2. The molecule has 1 amide bonds. The zero-order valence-electron chi connectivity index (χ0n) is 16.6. The van der Waals surface area contributed by atoms with E-state index >= 15 is 0 Å². The first-order valence-electron chi connectivity index (χ1n) is 9.14. The molecule has 5 N–H and O–H groups in total. The van der Waals surface area contributed by atoms with E-state index in [1.54, 1.807) is 12.3 Å². The highest BCUT2D eigenvalue weighted by molar-refractivity contribution is 8.00. The van der Waals surface area contributed by atoms with Crippen LogP contribution in [0.1, 0.15) is 11.1 Å². The number of hydrogen-bond donors (Lipinski definition) is 4. The molecule has 0 spiro atoms. The number of nitriles is 2. The summed E-state index contributed by atoms with van der Waals surface area (Å²) in [4.78, 5) is 31.8. The topological polar surface area (TPSA) is 181 Å². The van der Waals surface area contributed by atoms with Gasteiger partial charge in [-0.15, -0.1) is 0 Å². The number of aromatic amines is 2. The quantitative estimate of drug-likeness (QED) is 0.261. The van der Waals surface area contributed by atoms with Gasteiger partial charge in [-0.25, -0.2) is 9.78 Å². The van der Waals surface area contributed by atoms with Gasteiger partial charge in [-0.05, 0) is 29.5 Å². The van der Waals surface area contributed by atoms with Crippen LogP contribution in [0.4, 0.5) is 11.5 Å². The van der Waals surface area contributed by atoms with E-state index in [0.29, 0.717) is 5.69 Å². The van der Waals surface area contributed by atoms with Gasteiger partial charge in [0.25, 0.3) is 0 Å². The molecule has 32 heavy (non-hydrogen) atoms. The maximum absolute atomic E-state index is 12.5. The molecule has 0 bridgehead atoms. The number of nitrogens with zero attached hydrogens (tertiary/aromatic N) is 4. The second-order valence-electron chi connectivity index (χ2n) is 6.66. The van der Waals surface area contributed by atoms with Crippen molar-refractivity contribution < 1.29 is 14.0 Å². The Morgan fingerprint density at radius 3 is 2.78 bits per heavy atom. The second kappa shape index (κ2) is 8.29. The smallest absolute Gasteiger partial charge is 0.383 e. The van der Waals surface area contributed by atoms with Crippen LogP contribution in [0.2, 0.25) is 0 Å². The predicted molar refractivity (Wildman–Crippen MR) is 115 cm³/mol. The Bertz CT molecular complexity index is 1500. The number of amides is 1. The van der Waals surface area contributed by atoms with Crippen LogP contribution in [0, 0.1) is 22.7 Å². The molecule has 158 valence electrons. The minimum absolute atomic E-state index is 0.000757. The fourth-order valence-electron chi connectivity index (χ4n) is 3.21. The van der Waals surface area contributed by atoms with Crippen molar-refractivity contribution in [3.8, 4) is 23.4 Å². The molecule has 4 rings (SSSR count). The third-order valence-corrected chi connectivity index (χ3v) is 5.61. The molecule has 0 aliphatic rings. The monoisotopic (exact) mass is 447 g/mol. The van der Waals surface area contributed by atoms with Crippen LogP contribution >= 0.6 is 11.8 Å². The summed E-state index contributed by atoms with van der Waals surface area (Å²) in [5.41, 5.74) is 6.48. The Kier molecular flexibility index (Phi) is 5.37. The maximum Gasteiger partial charge on any atom is 0.435 e. The van der Waals surface area contributed by atoms with Crippen LogP contribution < -0.4 is 21.4 Å². The van der Waals surface area contributed by atoms with E-state index in [9.17, 15) is 20.1 Å². The normalized spacial score (nSPS) is 10.6. The summed E-state index contributed by atoms with van der Waals surface area (Å²) in [6.07, 6.45) is 1.80. The molecule has 0 atom stereocenters. The van der Waals surface area contributed by atoms with Gasteiger partial charge in [0.05, 0.1) is 11.3 Å². The van der Waals surface area contributed by atoms with E-state index in [1.165, 1.54) is 11.7 Å². The Morgan fingerprint density at radius 1 is 1.31 bits per heavy atom. The van der Waals surface area contributed by atoms with E-state index in [2.05, 4.69) is 20.6 Å². The van der Waals surface area contributed by atoms with Crippen LogP contribution in [0.25, 0.3) is 22.2 Å². The lowest BCUT2D eigenvalue weighted by Gasteiger charge is -2.10. The van der Waals surface area contributed by atoms with E-state index in [0.717, 1.165) is 22.7 Å². The third-order valence-electron chi connectivity index (χ3n) is 4.63. The number of nitrogen functional groups attached to an aromatic ring is 1. The average molecular weight is 447 g/mol. The number of aryl methyl sites for hydroxylation is 1. The van der Waals surface area contributed by atoms with E-state index < -0.39 is 5.63 Å². The number of fused-ring (bicyclic) bond motifs is 1. The van der Waals surface area contributed by atoms with E-state index in [1.807, 2.05) is 30.3 Å². The summed E-state index contributed by atoms with van der Waals surface area (Å²) in [6.45, 7) is 0. The van der Waals surface area contributed by atoms with Gasteiger partial charge in [0.1, 0.15) is 34.1 Å². The highest BCUT2D eigenvalue weighted by Crippen LogP contribution is 2.33. The molecule has 11 nitrogen and oxygen atoms in total. The van der Waals surface area contributed by atoms with Crippen LogP contribution in [0.15, 0.2) is 44.8 Å². The summed E-state index contributed by atoms with van der Waals surface area (Å²) >= 11 is 0.967. The standard InChI is InChI=1S/C20H14N8O3S/c1-28-17(20(30)31-27-28)16-12(7-21)18(23)26-19(13(16)8-22)32-9-15(29)25-11-2-3-14-10(6-11)4-5-24-14/h2-6,27H,9H2,1H3,(H3,23,26,30)/p+1. The number of thioether (sulfide) groups is 1. The van der Waals surface area contributed by atoms with Gasteiger partial charge in [-0.2, -0.15) is 10.5 Å². The number of carbonyl (C=O) groups is 1. The lowest BCUT2D eigenvalue weighted by molar-refractivity contribution is -0.730. The molecule has 0 saturated carbocycles. The predicted octanol–water partition coefficient (Wildman–Crippen LogP) is 1.39. The Labute approximate surface area is 184 Å². The van der Waals surface area contributed by atoms with Gasteiger partial charge in [0, 0.05) is 22.8 Å². The lowest BCUT2D eigenvalue weighted by Crippen LogP contribution is -2.34. The molecule has 0 aliphatic heterocycles. The highest BCUT2D eigenvalue weighted by Gasteiger charge is 2.31. The van der Waals surface area contributed by atoms with Gasteiger partial charge < -0.3 is 16.0 Å². The van der Waals surface area contributed by atoms with Crippen molar-refractivity contribution in [2.75, 3.05) is 16.8 Å². The number of rotatable bonds is 5. The van der Waals surface area contributed by atoms with E-state index in [-0.39, 0.29) is 44.9 Å². The molecule has 0 fully saturated rings. The van der Waals surface area contributed by atoms with Crippen molar-refractivity contribution in [2.45, 2.75) is 5.03 Å². The fraction of sp³-hybridized carbons (Fsp3) is 0.100. The summed E-state index contributed by atoms with van der Waals surface area (Å²) in [5.74, 6) is -0.569. The highest BCUT2D eigenvalue weighted by atomic mass is 32.2. The van der Waals surface area contributed by atoms with Crippen LogP contribution in [0.5, 0.6) is 0 Å². The van der Waals surface area contributed by atoms with E-state index in [4.69, 9.17) is 10.3 Å². The first kappa shape index (κ1) is 20.7. The number of carbonyl (C=O) groups excluding carboxylic acids is 1. The first-order chi connectivity index (χ1) is 15.4. The van der Waals surface area contributed by atoms with Gasteiger partial charge in [-0.3, -0.25) is 9.32 Å². The fourth-order valence-corrected chi connectivity index (χ4v) is 4.01. The maximum atomic E-state index is 12.5. The summed E-state index contributed by atoms with van der Waals surface area (Å²) in [5, 5.41) is 25.5. The van der Waals surface area contributed by atoms with Gasteiger partial charge >= 0.3 is 11.3 Å². The molecule has 0 aliphatic carbocycles. The third kappa shape index (κ3) is 3.66. The van der Waals surface area contributed by atoms with Gasteiger partial charge in [0.15, 0.2) is 7.05 Å². The number of nitrogens with one attached hydrogen (secondary N) is 3. The molecule has 4 aromatic rings. The Morgan fingerprint density at radius 2 is 2.09 bits per heavy atom. The summed E-state index contributed by atoms with van der Waals surface area (Å²) < 4.78 is 5.98. The van der Waals surface area contributed by atoms with Gasteiger partial charge in [0.2, 0.25) is 5.91 Å². The number of hydrogen-bond acceptors (Lipinski definition) is 8. The molecular weight excluding hydrogens is 432 g/mol. The molecule has 0 unspecified atom stereocenters. The Hall–Kier alpha value is -4.55. The molecule has 0 radical (unpaired) electrons. The molecular formula is C20H15N8O3S+. The summed E-state index contributed by atoms with van der Waals surface area (Å²) in [7, 11) is 1.49. The number of aromatic nitrogens is 4. The molecule has 3 aromatic heterocycles. The lowest BCUT2D eigenvalue weighted by atomic mass is 10.0. The molecule has 0 saturated heterocycles. The van der Waals surface area contributed by atoms with Crippen LogP contribution in [-0.2, 0) is 11.8 Å².